The van der Waals surface area contributed by atoms with Crippen LogP contribution in [0.3, 0.4) is 0 Å². The number of anilines is 1. The van der Waals surface area contributed by atoms with Crippen molar-refractivity contribution < 1.29 is 14.3 Å². The molecule has 0 saturated carbocycles. The van der Waals surface area contributed by atoms with Gasteiger partial charge in [-0.05, 0) is 5.92 Å². The second-order valence-corrected chi connectivity index (χ2v) is 4.68. The van der Waals surface area contributed by atoms with E-state index in [1.807, 2.05) is 13.8 Å². The van der Waals surface area contributed by atoms with Crippen LogP contribution < -0.4 is 10.6 Å². The summed E-state index contributed by atoms with van der Waals surface area (Å²) in [6.07, 6.45) is 0.779. The van der Waals surface area contributed by atoms with Crippen LogP contribution in [-0.4, -0.2) is 34.9 Å². The molecule has 1 atom stereocenters. The van der Waals surface area contributed by atoms with Crippen LogP contribution in [0.15, 0.2) is 6.20 Å². The molecule has 1 heterocycles. The van der Waals surface area contributed by atoms with E-state index in [1.165, 1.54) is 18.0 Å². The molecule has 2 amide bonds. The largest absolute Gasteiger partial charge is 0.453 e. The zero-order chi connectivity index (χ0) is 14.6. The third-order valence-electron chi connectivity index (χ3n) is 2.53. The lowest BCUT2D eigenvalue weighted by Gasteiger charge is -2.20. The van der Waals surface area contributed by atoms with Gasteiger partial charge in [-0.25, -0.2) is 4.79 Å². The maximum absolute atomic E-state index is 12.1. The number of halogens is 1. The van der Waals surface area contributed by atoms with E-state index in [0.717, 1.165) is 0 Å². The van der Waals surface area contributed by atoms with Gasteiger partial charge in [-0.1, -0.05) is 25.4 Å². The second kappa shape index (κ2) is 6.42. The number of hydrogen-bond acceptors (Lipinski definition) is 4. The Labute approximate surface area is 116 Å². The molecule has 2 N–H and O–H groups in total. The SMILES string of the molecule is COC(=O)N[C@H](C(=O)Nc1cnn(C)c1Cl)C(C)C. The topological polar surface area (TPSA) is 85.2 Å². The number of alkyl carbamates (subject to hydrolysis) is 1. The third kappa shape index (κ3) is 3.85. The van der Waals surface area contributed by atoms with Gasteiger partial charge in [0.15, 0.2) is 0 Å². The molecule has 0 aliphatic carbocycles. The van der Waals surface area contributed by atoms with Gasteiger partial charge in [0.05, 0.1) is 19.0 Å². The number of carbonyl (C=O) groups is 2. The number of aryl methyl sites for hydroxylation is 1. The molecule has 0 spiro atoms. The average molecular weight is 289 g/mol. The van der Waals surface area contributed by atoms with Gasteiger partial charge in [0, 0.05) is 7.05 Å². The molecule has 0 radical (unpaired) electrons. The zero-order valence-corrected chi connectivity index (χ0v) is 12.0. The fourth-order valence-corrected chi connectivity index (χ4v) is 1.58. The number of methoxy groups -OCH3 is 1. The molecule has 1 aromatic heterocycles. The Kier molecular flexibility index (Phi) is 5.17. The van der Waals surface area contributed by atoms with Gasteiger partial charge in [0.2, 0.25) is 5.91 Å². The molecule has 19 heavy (non-hydrogen) atoms. The molecule has 0 unspecified atom stereocenters. The first-order valence-corrected chi connectivity index (χ1v) is 6.07. The Hall–Kier alpha value is -1.76. The van der Waals surface area contributed by atoms with Crippen molar-refractivity contribution in [2.45, 2.75) is 19.9 Å². The van der Waals surface area contributed by atoms with E-state index in [9.17, 15) is 9.59 Å². The first-order chi connectivity index (χ1) is 8.86. The average Bonchev–Trinajstić information content (AvgIpc) is 2.66. The zero-order valence-electron chi connectivity index (χ0n) is 11.2. The van der Waals surface area contributed by atoms with E-state index in [1.54, 1.807) is 7.05 Å². The highest BCUT2D eigenvalue weighted by Crippen LogP contribution is 2.20. The predicted octanol–water partition coefficient (Wildman–Crippen LogP) is 1.39. The van der Waals surface area contributed by atoms with Crippen molar-refractivity contribution in [3.63, 3.8) is 0 Å². The number of amides is 2. The molecule has 1 aromatic rings. The summed E-state index contributed by atoms with van der Waals surface area (Å²) in [6.45, 7) is 3.62. The maximum Gasteiger partial charge on any atom is 0.407 e. The van der Waals surface area contributed by atoms with Crippen molar-refractivity contribution >= 4 is 29.3 Å². The van der Waals surface area contributed by atoms with Crippen molar-refractivity contribution in [3.05, 3.63) is 11.3 Å². The molecule has 7 nitrogen and oxygen atoms in total. The van der Waals surface area contributed by atoms with Crippen LogP contribution in [0.2, 0.25) is 5.15 Å². The molecule has 0 aliphatic heterocycles. The summed E-state index contributed by atoms with van der Waals surface area (Å²) >= 11 is 5.94. The summed E-state index contributed by atoms with van der Waals surface area (Å²) in [5, 5.41) is 9.31. The number of nitrogens with one attached hydrogen (secondary N) is 2. The Balaban J connectivity index is 2.78. The lowest BCUT2D eigenvalue weighted by atomic mass is 10.0. The van der Waals surface area contributed by atoms with Gasteiger partial charge in [-0.15, -0.1) is 0 Å². The predicted molar refractivity (Wildman–Crippen MR) is 71.0 cm³/mol. The molecule has 106 valence electrons. The van der Waals surface area contributed by atoms with Gasteiger partial charge in [0.25, 0.3) is 0 Å². The van der Waals surface area contributed by atoms with Gasteiger partial charge in [-0.2, -0.15) is 5.10 Å². The maximum atomic E-state index is 12.1. The monoisotopic (exact) mass is 288 g/mol. The van der Waals surface area contributed by atoms with Crippen LogP contribution in [-0.2, 0) is 16.6 Å². The molecule has 8 heteroatoms. The van der Waals surface area contributed by atoms with E-state index in [2.05, 4.69) is 20.5 Å². The number of rotatable bonds is 4. The number of hydrogen-bond donors (Lipinski definition) is 2. The van der Waals surface area contributed by atoms with Crippen molar-refractivity contribution in [3.8, 4) is 0 Å². The van der Waals surface area contributed by atoms with Crippen LogP contribution in [0.5, 0.6) is 0 Å². The molecule has 0 fully saturated rings. The van der Waals surface area contributed by atoms with Gasteiger partial charge >= 0.3 is 6.09 Å². The normalized spacial score (nSPS) is 12.1. The first-order valence-electron chi connectivity index (χ1n) is 5.69. The summed E-state index contributed by atoms with van der Waals surface area (Å²) in [4.78, 5) is 23.3. The standard InChI is InChI=1S/C11H17ClN4O3/c1-6(2)8(15-11(18)19-4)10(17)14-7-5-13-16(3)9(7)12/h5-6,8H,1-4H3,(H,14,17)(H,15,18)/t8-/m0/s1. The molecule has 0 aromatic carbocycles. The van der Waals surface area contributed by atoms with E-state index >= 15 is 0 Å². The summed E-state index contributed by atoms with van der Waals surface area (Å²) in [5.41, 5.74) is 0.395. The minimum Gasteiger partial charge on any atom is -0.453 e. The quantitative estimate of drug-likeness (QED) is 0.877. The van der Waals surface area contributed by atoms with Crippen LogP contribution in [0, 0.1) is 5.92 Å². The molecule has 0 saturated heterocycles. The van der Waals surface area contributed by atoms with Gasteiger partial charge in [0.1, 0.15) is 11.2 Å². The lowest BCUT2D eigenvalue weighted by Crippen LogP contribution is -2.47. The molecule has 0 aliphatic rings. The van der Waals surface area contributed by atoms with Crippen molar-refractivity contribution in [1.29, 1.82) is 0 Å². The Morgan fingerprint density at radius 1 is 1.47 bits per heavy atom. The number of ether oxygens (including phenoxy) is 1. The molecule has 0 bridgehead atoms. The second-order valence-electron chi connectivity index (χ2n) is 4.32. The smallest absolute Gasteiger partial charge is 0.407 e. The number of aromatic nitrogens is 2. The summed E-state index contributed by atoms with van der Waals surface area (Å²) in [5.74, 6) is -0.482. The minimum atomic E-state index is -0.719. The summed E-state index contributed by atoms with van der Waals surface area (Å²) in [7, 11) is 2.90. The molecule has 1 rings (SSSR count). The first kappa shape index (κ1) is 15.3. The third-order valence-corrected chi connectivity index (χ3v) is 2.98. The Morgan fingerprint density at radius 3 is 2.53 bits per heavy atom. The minimum absolute atomic E-state index is 0.102. The van der Waals surface area contributed by atoms with E-state index in [-0.39, 0.29) is 11.8 Å². The highest BCUT2D eigenvalue weighted by Gasteiger charge is 2.25. The fraction of sp³-hybridized carbons (Fsp3) is 0.545. The van der Waals surface area contributed by atoms with Gasteiger partial charge < -0.3 is 15.4 Å². The van der Waals surface area contributed by atoms with E-state index in [4.69, 9.17) is 11.6 Å². The van der Waals surface area contributed by atoms with Crippen molar-refractivity contribution in [1.82, 2.24) is 15.1 Å². The van der Waals surface area contributed by atoms with Crippen molar-refractivity contribution in [2.24, 2.45) is 13.0 Å². The molecular weight excluding hydrogens is 272 g/mol. The fourth-order valence-electron chi connectivity index (χ4n) is 1.44. The number of nitrogens with zero attached hydrogens (tertiary/aromatic N) is 2. The van der Waals surface area contributed by atoms with Crippen LogP contribution in [0.4, 0.5) is 10.5 Å². The van der Waals surface area contributed by atoms with E-state index < -0.39 is 12.1 Å². The Bertz CT molecular complexity index is 473. The van der Waals surface area contributed by atoms with Crippen LogP contribution in [0.25, 0.3) is 0 Å². The van der Waals surface area contributed by atoms with E-state index in [0.29, 0.717) is 10.8 Å². The van der Waals surface area contributed by atoms with Crippen LogP contribution in [0.1, 0.15) is 13.8 Å². The van der Waals surface area contributed by atoms with Crippen LogP contribution >= 0.6 is 11.6 Å². The number of carbonyl (C=O) groups excluding carboxylic acids is 2. The highest BCUT2D eigenvalue weighted by molar-refractivity contribution is 6.32. The lowest BCUT2D eigenvalue weighted by molar-refractivity contribution is -0.119. The van der Waals surface area contributed by atoms with Gasteiger partial charge in [-0.3, -0.25) is 9.48 Å². The Morgan fingerprint density at radius 2 is 2.11 bits per heavy atom. The van der Waals surface area contributed by atoms with Crippen molar-refractivity contribution in [2.75, 3.05) is 12.4 Å². The summed E-state index contributed by atoms with van der Waals surface area (Å²) in [6, 6.07) is -0.719. The summed E-state index contributed by atoms with van der Waals surface area (Å²) < 4.78 is 5.91. The highest BCUT2D eigenvalue weighted by atomic mass is 35.5. The molecular formula is C11H17ClN4O3.